The van der Waals surface area contributed by atoms with E-state index in [2.05, 4.69) is 11.4 Å². The molecule has 6 heteroatoms. The zero-order chi connectivity index (χ0) is 15.9. The first-order valence-electron chi connectivity index (χ1n) is 6.82. The number of hydrogen-bond acceptors (Lipinski definition) is 3. The lowest BCUT2D eigenvalue weighted by atomic mass is 10.2. The second-order valence-corrected chi connectivity index (χ2v) is 5.55. The van der Waals surface area contributed by atoms with Crippen LogP contribution >= 0.6 is 23.8 Å². The van der Waals surface area contributed by atoms with Crippen molar-refractivity contribution in [1.29, 1.82) is 5.26 Å². The maximum Gasteiger partial charge on any atom is 0.173 e. The number of thiocarbonyl (C=S) groups is 1. The number of anilines is 1. The van der Waals surface area contributed by atoms with Crippen molar-refractivity contribution in [2.45, 2.75) is 19.9 Å². The lowest BCUT2D eigenvalue weighted by Crippen LogP contribution is -2.35. The number of halogens is 1. The fourth-order valence-corrected chi connectivity index (χ4v) is 2.41. The maximum absolute atomic E-state index is 8.81. The lowest BCUT2D eigenvalue weighted by molar-refractivity contribution is 0.371. The Morgan fingerprint density at radius 1 is 1.41 bits per heavy atom. The molecule has 0 radical (unpaired) electrons. The highest BCUT2D eigenvalue weighted by Crippen LogP contribution is 2.23. The van der Waals surface area contributed by atoms with Crippen LogP contribution in [0, 0.1) is 18.3 Å². The highest BCUT2D eigenvalue weighted by Gasteiger charge is 2.13. The van der Waals surface area contributed by atoms with Gasteiger partial charge in [0.25, 0.3) is 0 Å². The summed E-state index contributed by atoms with van der Waals surface area (Å²) in [6, 6.07) is 11.5. The van der Waals surface area contributed by atoms with Gasteiger partial charge in [-0.1, -0.05) is 17.7 Å². The van der Waals surface area contributed by atoms with Crippen molar-refractivity contribution in [3.8, 4) is 6.07 Å². The molecule has 2 rings (SSSR count). The van der Waals surface area contributed by atoms with Crippen molar-refractivity contribution in [1.82, 2.24) is 4.90 Å². The van der Waals surface area contributed by atoms with E-state index in [0.717, 1.165) is 17.0 Å². The SMILES string of the molecule is Cc1c(Cl)cccc1NC(=S)N(CCC#N)Cc1ccco1. The van der Waals surface area contributed by atoms with Gasteiger partial charge in [0.1, 0.15) is 5.76 Å². The molecule has 0 bridgehead atoms. The zero-order valence-electron chi connectivity index (χ0n) is 12.2. The van der Waals surface area contributed by atoms with Crippen LogP contribution in [0.25, 0.3) is 0 Å². The van der Waals surface area contributed by atoms with E-state index in [-0.39, 0.29) is 0 Å². The van der Waals surface area contributed by atoms with Crippen LogP contribution in [0.5, 0.6) is 0 Å². The summed E-state index contributed by atoms with van der Waals surface area (Å²) in [5.41, 5.74) is 1.80. The summed E-state index contributed by atoms with van der Waals surface area (Å²) >= 11 is 11.6. The Kier molecular flexibility index (Phi) is 5.82. The van der Waals surface area contributed by atoms with Crippen molar-refractivity contribution < 1.29 is 4.42 Å². The average molecular weight is 334 g/mol. The lowest BCUT2D eigenvalue weighted by Gasteiger charge is -2.24. The predicted octanol–water partition coefficient (Wildman–Crippen LogP) is 4.35. The third-order valence-electron chi connectivity index (χ3n) is 3.22. The number of furan rings is 1. The highest BCUT2D eigenvalue weighted by molar-refractivity contribution is 7.80. The Morgan fingerprint density at radius 2 is 2.23 bits per heavy atom. The molecular formula is C16H16ClN3OS. The Balaban J connectivity index is 2.11. The van der Waals surface area contributed by atoms with Crippen molar-refractivity contribution in [2.24, 2.45) is 0 Å². The minimum absolute atomic E-state index is 0.386. The van der Waals surface area contributed by atoms with Crippen LogP contribution in [0.4, 0.5) is 5.69 Å². The third-order valence-corrected chi connectivity index (χ3v) is 3.99. The molecule has 1 N–H and O–H groups in total. The zero-order valence-corrected chi connectivity index (χ0v) is 13.7. The van der Waals surface area contributed by atoms with Crippen LogP contribution in [0.2, 0.25) is 5.02 Å². The molecule has 1 aromatic carbocycles. The summed E-state index contributed by atoms with van der Waals surface area (Å²) in [6.07, 6.45) is 2.01. The van der Waals surface area contributed by atoms with E-state index in [0.29, 0.717) is 29.6 Å². The summed E-state index contributed by atoms with van der Waals surface area (Å²) in [6.45, 7) is 2.97. The number of rotatable bonds is 5. The third kappa shape index (κ3) is 4.23. The molecule has 0 aliphatic rings. The van der Waals surface area contributed by atoms with Gasteiger partial charge in [-0.3, -0.25) is 0 Å². The quantitative estimate of drug-likeness (QED) is 0.824. The van der Waals surface area contributed by atoms with Crippen LogP contribution in [0.3, 0.4) is 0 Å². The Labute approximate surface area is 140 Å². The smallest absolute Gasteiger partial charge is 0.173 e. The second kappa shape index (κ2) is 7.83. The monoisotopic (exact) mass is 333 g/mol. The van der Waals surface area contributed by atoms with Gasteiger partial charge < -0.3 is 14.6 Å². The molecule has 0 aliphatic carbocycles. The highest BCUT2D eigenvalue weighted by atomic mass is 35.5. The van der Waals surface area contributed by atoms with Gasteiger partial charge in [-0.05, 0) is 49.0 Å². The van der Waals surface area contributed by atoms with Crippen LogP contribution in [0.1, 0.15) is 17.7 Å². The van der Waals surface area contributed by atoms with Gasteiger partial charge in [0, 0.05) is 17.3 Å². The Morgan fingerprint density at radius 3 is 2.91 bits per heavy atom. The van der Waals surface area contributed by atoms with Crippen molar-refractivity contribution >= 4 is 34.6 Å². The molecule has 0 saturated heterocycles. The Bertz CT molecular complexity index is 679. The van der Waals surface area contributed by atoms with E-state index in [4.69, 9.17) is 33.5 Å². The first-order chi connectivity index (χ1) is 10.6. The largest absolute Gasteiger partial charge is 0.467 e. The number of hydrogen-bond donors (Lipinski definition) is 1. The molecule has 0 saturated carbocycles. The molecule has 2 aromatic rings. The van der Waals surface area contributed by atoms with Gasteiger partial charge in [0.2, 0.25) is 0 Å². The molecule has 0 fully saturated rings. The van der Waals surface area contributed by atoms with E-state index in [9.17, 15) is 0 Å². The van der Waals surface area contributed by atoms with Gasteiger partial charge >= 0.3 is 0 Å². The minimum atomic E-state index is 0.386. The van der Waals surface area contributed by atoms with Gasteiger partial charge in [-0.15, -0.1) is 0 Å². The number of nitrogens with zero attached hydrogens (tertiary/aromatic N) is 2. The van der Waals surface area contributed by atoms with Crippen molar-refractivity contribution in [3.63, 3.8) is 0 Å². The van der Waals surface area contributed by atoms with Gasteiger partial charge in [-0.25, -0.2) is 0 Å². The molecule has 22 heavy (non-hydrogen) atoms. The predicted molar refractivity (Wildman–Crippen MR) is 91.8 cm³/mol. The first-order valence-corrected chi connectivity index (χ1v) is 7.61. The van der Waals surface area contributed by atoms with E-state index >= 15 is 0 Å². The van der Waals surface area contributed by atoms with E-state index in [1.165, 1.54) is 0 Å². The number of benzene rings is 1. The first kappa shape index (κ1) is 16.3. The summed E-state index contributed by atoms with van der Waals surface area (Å²) < 4.78 is 5.35. The molecule has 1 aromatic heterocycles. The molecule has 0 aliphatic heterocycles. The van der Waals surface area contributed by atoms with E-state index in [1.807, 2.05) is 42.2 Å². The fraction of sp³-hybridized carbons (Fsp3) is 0.250. The van der Waals surface area contributed by atoms with E-state index < -0.39 is 0 Å². The normalized spacial score (nSPS) is 10.0. The van der Waals surface area contributed by atoms with E-state index in [1.54, 1.807) is 6.26 Å². The Hall–Kier alpha value is -2.03. The molecule has 0 atom stereocenters. The van der Waals surface area contributed by atoms with Crippen LogP contribution in [-0.2, 0) is 6.54 Å². The molecule has 0 spiro atoms. The van der Waals surface area contributed by atoms with Crippen LogP contribution in [-0.4, -0.2) is 16.6 Å². The van der Waals surface area contributed by atoms with Crippen molar-refractivity contribution in [2.75, 3.05) is 11.9 Å². The van der Waals surface area contributed by atoms with Gasteiger partial charge in [-0.2, -0.15) is 5.26 Å². The van der Waals surface area contributed by atoms with Crippen molar-refractivity contribution in [3.05, 3.63) is 52.9 Å². The standard InChI is InChI=1S/C16H16ClN3OS/c1-12-14(17)6-2-7-15(12)19-16(22)20(9-4-8-18)11-13-5-3-10-21-13/h2-3,5-7,10H,4,9,11H2,1H3,(H,19,22). The molecule has 0 unspecified atom stereocenters. The maximum atomic E-state index is 8.81. The van der Waals surface area contributed by atoms with Gasteiger partial charge in [0.15, 0.2) is 5.11 Å². The fourth-order valence-electron chi connectivity index (χ4n) is 1.97. The number of nitrogens with one attached hydrogen (secondary N) is 1. The summed E-state index contributed by atoms with van der Waals surface area (Å²) in [5.74, 6) is 0.796. The average Bonchev–Trinajstić information content (AvgIpc) is 3.01. The molecule has 4 nitrogen and oxygen atoms in total. The topological polar surface area (TPSA) is 52.2 Å². The molecular weight excluding hydrogens is 318 g/mol. The minimum Gasteiger partial charge on any atom is -0.467 e. The van der Waals surface area contributed by atoms with Gasteiger partial charge in [0.05, 0.1) is 25.3 Å². The number of nitriles is 1. The molecule has 114 valence electrons. The summed E-state index contributed by atoms with van der Waals surface area (Å²) in [4.78, 5) is 1.90. The summed E-state index contributed by atoms with van der Waals surface area (Å²) in [5, 5.41) is 13.2. The summed E-state index contributed by atoms with van der Waals surface area (Å²) in [7, 11) is 0. The molecule has 0 amide bonds. The molecule has 1 heterocycles. The van der Waals surface area contributed by atoms with Crippen LogP contribution < -0.4 is 5.32 Å². The van der Waals surface area contributed by atoms with Crippen LogP contribution in [0.15, 0.2) is 41.0 Å². The second-order valence-electron chi connectivity index (χ2n) is 4.75.